The summed E-state index contributed by atoms with van der Waals surface area (Å²) in [5.74, 6) is 0. The number of rotatable bonds is 2. The molecule has 1 aliphatic rings. The van der Waals surface area contributed by atoms with Crippen LogP contribution in [0.1, 0.15) is 62.4 Å². The summed E-state index contributed by atoms with van der Waals surface area (Å²) >= 11 is 6.03. The highest BCUT2D eigenvalue weighted by Gasteiger charge is 2.15. The van der Waals surface area contributed by atoms with Crippen LogP contribution < -0.4 is 0 Å². The van der Waals surface area contributed by atoms with Gasteiger partial charge in [-0.1, -0.05) is 25.7 Å². The van der Waals surface area contributed by atoms with E-state index in [0.717, 1.165) is 5.56 Å². The van der Waals surface area contributed by atoms with Crippen molar-refractivity contribution in [1.82, 2.24) is 9.78 Å². The lowest BCUT2D eigenvalue weighted by Gasteiger charge is -2.14. The molecule has 1 saturated carbocycles. The smallest absolute Gasteiger partial charge is 0.0588 e. The Morgan fingerprint density at radius 1 is 1.33 bits per heavy atom. The molecule has 0 spiro atoms. The summed E-state index contributed by atoms with van der Waals surface area (Å²) in [4.78, 5) is 0. The maximum absolute atomic E-state index is 6.03. The monoisotopic (exact) mass is 226 g/mol. The molecule has 1 aliphatic carbocycles. The largest absolute Gasteiger partial charge is 0.269 e. The summed E-state index contributed by atoms with van der Waals surface area (Å²) in [6, 6.07) is 0.608. The van der Waals surface area contributed by atoms with Crippen molar-refractivity contribution in [3.05, 3.63) is 18.0 Å². The zero-order valence-corrected chi connectivity index (χ0v) is 10.1. The molecule has 3 heteroatoms. The topological polar surface area (TPSA) is 17.8 Å². The van der Waals surface area contributed by atoms with Gasteiger partial charge in [0.1, 0.15) is 0 Å². The number of aromatic nitrogens is 2. The van der Waals surface area contributed by atoms with Crippen LogP contribution in [0.4, 0.5) is 0 Å². The van der Waals surface area contributed by atoms with E-state index in [1.807, 2.05) is 13.1 Å². The van der Waals surface area contributed by atoms with Crippen molar-refractivity contribution in [2.75, 3.05) is 0 Å². The quantitative estimate of drug-likeness (QED) is 0.549. The molecule has 15 heavy (non-hydrogen) atoms. The lowest BCUT2D eigenvalue weighted by atomic mass is 10.1. The van der Waals surface area contributed by atoms with Gasteiger partial charge in [0.25, 0.3) is 0 Å². The van der Waals surface area contributed by atoms with Gasteiger partial charge in [0.2, 0.25) is 0 Å². The number of nitrogens with zero attached hydrogens (tertiary/aromatic N) is 2. The second kappa shape index (κ2) is 5.02. The van der Waals surface area contributed by atoms with Crippen LogP contribution in [0.5, 0.6) is 0 Å². The lowest BCUT2D eigenvalue weighted by molar-refractivity contribution is 0.405. The predicted octanol–water partition coefficient (Wildman–Crippen LogP) is 4.08. The Hall–Kier alpha value is -0.500. The molecule has 0 radical (unpaired) electrons. The van der Waals surface area contributed by atoms with Crippen molar-refractivity contribution in [1.29, 1.82) is 0 Å². The molecule has 1 atom stereocenters. The van der Waals surface area contributed by atoms with Gasteiger partial charge >= 0.3 is 0 Å². The Morgan fingerprint density at radius 3 is 2.53 bits per heavy atom. The summed E-state index contributed by atoms with van der Waals surface area (Å²) in [6.45, 7) is 2.00. The lowest BCUT2D eigenvalue weighted by Crippen LogP contribution is -2.08. The molecule has 0 N–H and O–H groups in total. The first-order valence-electron chi connectivity index (χ1n) is 5.95. The van der Waals surface area contributed by atoms with Gasteiger partial charge in [-0.3, -0.25) is 4.68 Å². The molecule has 1 unspecified atom stereocenters. The standard InChI is InChI=1S/C12H19ClN2/c1-10(13)11-8-14-15(9-11)12-6-4-2-3-5-7-12/h8-10,12H,2-7H2,1H3. The minimum absolute atomic E-state index is 0.0736. The van der Waals surface area contributed by atoms with Crippen LogP contribution in [0.3, 0.4) is 0 Å². The first-order valence-corrected chi connectivity index (χ1v) is 6.39. The van der Waals surface area contributed by atoms with Crippen molar-refractivity contribution >= 4 is 11.6 Å². The highest BCUT2D eigenvalue weighted by molar-refractivity contribution is 6.20. The van der Waals surface area contributed by atoms with E-state index < -0.39 is 0 Å². The molecule has 1 aromatic rings. The van der Waals surface area contributed by atoms with Crippen molar-refractivity contribution in [2.45, 2.75) is 56.9 Å². The predicted molar refractivity (Wildman–Crippen MR) is 63.2 cm³/mol. The average Bonchev–Trinajstić information content (AvgIpc) is 2.55. The molecule has 0 aromatic carbocycles. The van der Waals surface area contributed by atoms with E-state index in [1.165, 1.54) is 38.5 Å². The van der Waals surface area contributed by atoms with Gasteiger partial charge in [-0.15, -0.1) is 11.6 Å². The molecular formula is C12H19ClN2. The fourth-order valence-electron chi connectivity index (χ4n) is 2.28. The SMILES string of the molecule is CC(Cl)c1cnn(C2CCCCCC2)c1. The highest BCUT2D eigenvalue weighted by atomic mass is 35.5. The number of hydrogen-bond donors (Lipinski definition) is 0. The minimum atomic E-state index is 0.0736. The van der Waals surface area contributed by atoms with E-state index in [1.54, 1.807) is 0 Å². The maximum Gasteiger partial charge on any atom is 0.0588 e. The zero-order valence-electron chi connectivity index (χ0n) is 9.32. The molecule has 84 valence electrons. The zero-order chi connectivity index (χ0) is 10.7. The van der Waals surface area contributed by atoms with Gasteiger partial charge < -0.3 is 0 Å². The molecule has 1 fully saturated rings. The first-order chi connectivity index (χ1) is 7.27. The Labute approximate surface area is 96.6 Å². The van der Waals surface area contributed by atoms with Crippen molar-refractivity contribution in [3.8, 4) is 0 Å². The van der Waals surface area contributed by atoms with Gasteiger partial charge in [0.05, 0.1) is 17.6 Å². The molecule has 2 nitrogen and oxygen atoms in total. The van der Waals surface area contributed by atoms with Gasteiger partial charge in [0, 0.05) is 11.8 Å². The van der Waals surface area contributed by atoms with Crippen LogP contribution >= 0.6 is 11.6 Å². The van der Waals surface area contributed by atoms with E-state index in [0.29, 0.717) is 6.04 Å². The third kappa shape index (κ3) is 2.75. The molecule has 0 amide bonds. The molecule has 1 heterocycles. The fraction of sp³-hybridized carbons (Fsp3) is 0.750. The Bertz CT molecular complexity index is 298. The molecule has 0 bridgehead atoms. The normalized spacial score (nSPS) is 21.2. The van der Waals surface area contributed by atoms with E-state index in [2.05, 4.69) is 16.0 Å². The summed E-state index contributed by atoms with van der Waals surface area (Å²) in [5.41, 5.74) is 1.14. The summed E-state index contributed by atoms with van der Waals surface area (Å²) < 4.78 is 2.12. The Morgan fingerprint density at radius 2 is 2.00 bits per heavy atom. The first kappa shape index (κ1) is 11.0. The van der Waals surface area contributed by atoms with Crippen molar-refractivity contribution in [3.63, 3.8) is 0 Å². The number of halogens is 1. The number of hydrogen-bond acceptors (Lipinski definition) is 1. The van der Waals surface area contributed by atoms with Gasteiger partial charge in [-0.25, -0.2) is 0 Å². The fourth-order valence-corrected chi connectivity index (χ4v) is 2.39. The van der Waals surface area contributed by atoms with E-state index >= 15 is 0 Å². The van der Waals surface area contributed by atoms with E-state index in [-0.39, 0.29) is 5.38 Å². The Balaban J connectivity index is 2.06. The third-order valence-corrected chi connectivity index (χ3v) is 3.53. The average molecular weight is 227 g/mol. The van der Waals surface area contributed by atoms with Gasteiger partial charge in [-0.2, -0.15) is 5.10 Å². The molecular weight excluding hydrogens is 208 g/mol. The van der Waals surface area contributed by atoms with E-state index in [4.69, 9.17) is 11.6 Å². The van der Waals surface area contributed by atoms with Crippen molar-refractivity contribution in [2.24, 2.45) is 0 Å². The third-order valence-electron chi connectivity index (χ3n) is 3.28. The van der Waals surface area contributed by atoms with Crippen molar-refractivity contribution < 1.29 is 0 Å². The second-order valence-corrected chi connectivity index (χ2v) is 5.17. The molecule has 1 aromatic heterocycles. The summed E-state index contributed by atoms with van der Waals surface area (Å²) in [5, 5.41) is 4.51. The molecule has 2 rings (SSSR count). The van der Waals surface area contributed by atoms with Crippen LogP contribution in [0.25, 0.3) is 0 Å². The van der Waals surface area contributed by atoms with E-state index in [9.17, 15) is 0 Å². The van der Waals surface area contributed by atoms with Crippen LogP contribution in [0.2, 0.25) is 0 Å². The second-order valence-electron chi connectivity index (χ2n) is 4.52. The van der Waals surface area contributed by atoms with Gasteiger partial charge in [-0.05, 0) is 19.8 Å². The molecule has 0 aliphatic heterocycles. The van der Waals surface area contributed by atoms with Crippen LogP contribution in [-0.4, -0.2) is 9.78 Å². The molecule has 0 saturated heterocycles. The minimum Gasteiger partial charge on any atom is -0.269 e. The van der Waals surface area contributed by atoms with Crippen LogP contribution in [-0.2, 0) is 0 Å². The maximum atomic E-state index is 6.03. The van der Waals surface area contributed by atoms with Gasteiger partial charge in [0.15, 0.2) is 0 Å². The highest BCUT2D eigenvalue weighted by Crippen LogP contribution is 2.28. The van der Waals surface area contributed by atoms with Crippen LogP contribution in [0, 0.1) is 0 Å². The summed E-state index contributed by atoms with van der Waals surface area (Å²) in [7, 11) is 0. The Kier molecular flexibility index (Phi) is 3.68. The van der Waals surface area contributed by atoms with Crippen LogP contribution in [0.15, 0.2) is 12.4 Å². The summed E-state index contributed by atoms with van der Waals surface area (Å²) in [6.07, 6.45) is 12.0. The number of alkyl halides is 1.